The van der Waals surface area contributed by atoms with E-state index < -0.39 is 18.4 Å². The van der Waals surface area contributed by atoms with Gasteiger partial charge >= 0.3 is 0 Å². The predicted octanol–water partition coefficient (Wildman–Crippen LogP) is 2.47. The number of phenolic OH excluding ortho intramolecular Hbond substituents is 1. The summed E-state index contributed by atoms with van der Waals surface area (Å²) in [7, 11) is 1.41. The number of hydrogen-bond donors (Lipinski definition) is 4. The maximum atomic E-state index is 13.1. The van der Waals surface area contributed by atoms with Crippen LogP contribution in [0.3, 0.4) is 0 Å². The van der Waals surface area contributed by atoms with Gasteiger partial charge in [0.15, 0.2) is 6.29 Å². The van der Waals surface area contributed by atoms with Gasteiger partial charge in [-0.3, -0.25) is 4.79 Å². The summed E-state index contributed by atoms with van der Waals surface area (Å²) in [4.78, 5) is 13.1. The van der Waals surface area contributed by atoms with Gasteiger partial charge in [0.1, 0.15) is 11.8 Å². The second-order valence-corrected chi connectivity index (χ2v) is 8.06. The van der Waals surface area contributed by atoms with Crippen LogP contribution in [0.2, 0.25) is 0 Å². The number of phenols is 1. The van der Waals surface area contributed by atoms with E-state index in [1.807, 2.05) is 42.5 Å². The Morgan fingerprint density at radius 2 is 1.97 bits per heavy atom. The lowest BCUT2D eigenvalue weighted by atomic mass is 9.66. The Labute approximate surface area is 171 Å². The molecule has 1 fully saturated rings. The number of aliphatic hydroxyl groups excluding tert-OH is 1. The molecule has 4 N–H and O–H groups in total. The number of rotatable bonds is 6. The molecule has 0 spiro atoms. The van der Waals surface area contributed by atoms with Crippen molar-refractivity contribution in [1.29, 1.82) is 0 Å². The van der Waals surface area contributed by atoms with Crippen LogP contribution in [0.4, 0.5) is 0 Å². The topological polar surface area (TPSA) is 90.8 Å². The molecular weight excluding hydrogens is 368 g/mol. The number of piperidine rings is 1. The zero-order valence-corrected chi connectivity index (χ0v) is 17.1. The maximum absolute atomic E-state index is 13.1. The molecule has 1 aliphatic rings. The highest BCUT2D eigenvalue weighted by Crippen LogP contribution is 2.40. The molecule has 156 valence electrons. The first-order chi connectivity index (χ1) is 13.8. The Morgan fingerprint density at radius 1 is 1.24 bits per heavy atom. The number of carbonyl (C=O) groups is 1. The summed E-state index contributed by atoms with van der Waals surface area (Å²) in [6.07, 6.45) is -0.574. The SMILES string of the molecule is COC(O)C(NC(=O)C1C[C@@](C)(c2cccc(O)c2)C(C)CN1)c1ccccc1. The van der Waals surface area contributed by atoms with E-state index in [1.54, 1.807) is 12.1 Å². The normalized spacial score (nSPS) is 26.5. The largest absolute Gasteiger partial charge is 0.508 e. The van der Waals surface area contributed by atoms with Crippen molar-refractivity contribution < 1.29 is 19.7 Å². The van der Waals surface area contributed by atoms with Crippen LogP contribution >= 0.6 is 0 Å². The zero-order chi connectivity index (χ0) is 21.0. The second kappa shape index (κ2) is 8.95. The van der Waals surface area contributed by atoms with Crippen LogP contribution in [0.25, 0.3) is 0 Å². The number of carbonyl (C=O) groups excluding carboxylic acids is 1. The van der Waals surface area contributed by atoms with Gasteiger partial charge in [0.2, 0.25) is 5.91 Å². The molecule has 1 saturated heterocycles. The van der Waals surface area contributed by atoms with Crippen molar-refractivity contribution in [2.75, 3.05) is 13.7 Å². The summed E-state index contributed by atoms with van der Waals surface area (Å²) < 4.78 is 5.09. The third-order valence-corrected chi connectivity index (χ3v) is 6.19. The summed E-state index contributed by atoms with van der Waals surface area (Å²) in [6, 6.07) is 15.5. The first-order valence-corrected chi connectivity index (χ1v) is 9.94. The summed E-state index contributed by atoms with van der Waals surface area (Å²) in [5.41, 5.74) is 1.52. The molecule has 1 heterocycles. The molecule has 5 atom stereocenters. The fourth-order valence-electron chi connectivity index (χ4n) is 4.06. The smallest absolute Gasteiger partial charge is 0.237 e. The molecule has 6 heteroatoms. The second-order valence-electron chi connectivity index (χ2n) is 8.06. The zero-order valence-electron chi connectivity index (χ0n) is 17.1. The van der Waals surface area contributed by atoms with Crippen molar-refractivity contribution in [2.24, 2.45) is 5.92 Å². The van der Waals surface area contributed by atoms with Crippen molar-refractivity contribution in [1.82, 2.24) is 10.6 Å². The molecule has 0 aromatic heterocycles. The minimum atomic E-state index is -1.15. The lowest BCUT2D eigenvalue weighted by molar-refractivity contribution is -0.133. The van der Waals surface area contributed by atoms with Crippen LogP contribution in [-0.2, 0) is 14.9 Å². The number of aromatic hydroxyl groups is 1. The van der Waals surface area contributed by atoms with E-state index in [-0.39, 0.29) is 23.0 Å². The number of amides is 1. The fraction of sp³-hybridized carbons (Fsp3) is 0.435. The summed E-state index contributed by atoms with van der Waals surface area (Å²) >= 11 is 0. The van der Waals surface area contributed by atoms with Crippen LogP contribution in [-0.4, -0.2) is 42.1 Å². The molecule has 29 heavy (non-hydrogen) atoms. The predicted molar refractivity (Wildman–Crippen MR) is 111 cm³/mol. The minimum absolute atomic E-state index is 0.187. The monoisotopic (exact) mass is 398 g/mol. The fourth-order valence-corrected chi connectivity index (χ4v) is 4.06. The number of hydrogen-bond acceptors (Lipinski definition) is 5. The van der Waals surface area contributed by atoms with Crippen LogP contribution < -0.4 is 10.6 Å². The lowest BCUT2D eigenvalue weighted by Gasteiger charge is -2.44. The van der Waals surface area contributed by atoms with E-state index in [0.29, 0.717) is 13.0 Å². The molecule has 0 bridgehead atoms. The van der Waals surface area contributed by atoms with E-state index in [0.717, 1.165) is 11.1 Å². The van der Waals surface area contributed by atoms with E-state index in [4.69, 9.17) is 4.74 Å². The molecule has 6 nitrogen and oxygen atoms in total. The van der Waals surface area contributed by atoms with Crippen molar-refractivity contribution in [3.63, 3.8) is 0 Å². The van der Waals surface area contributed by atoms with Crippen LogP contribution in [0, 0.1) is 5.92 Å². The van der Waals surface area contributed by atoms with Crippen molar-refractivity contribution in [2.45, 2.75) is 44.1 Å². The Morgan fingerprint density at radius 3 is 2.62 bits per heavy atom. The highest BCUT2D eigenvalue weighted by molar-refractivity contribution is 5.82. The van der Waals surface area contributed by atoms with Crippen molar-refractivity contribution >= 4 is 5.91 Å². The highest BCUT2D eigenvalue weighted by Gasteiger charge is 2.42. The molecule has 0 saturated carbocycles. The average Bonchev–Trinajstić information content (AvgIpc) is 2.74. The first-order valence-electron chi connectivity index (χ1n) is 9.94. The van der Waals surface area contributed by atoms with Crippen molar-refractivity contribution in [3.05, 3.63) is 65.7 Å². The van der Waals surface area contributed by atoms with Crippen LogP contribution in [0.5, 0.6) is 5.75 Å². The minimum Gasteiger partial charge on any atom is -0.508 e. The molecule has 3 rings (SSSR count). The average molecular weight is 399 g/mol. The lowest BCUT2D eigenvalue weighted by Crippen LogP contribution is -2.57. The number of ether oxygens (including phenoxy) is 1. The van der Waals surface area contributed by atoms with E-state index in [2.05, 4.69) is 24.5 Å². The molecule has 0 radical (unpaired) electrons. The number of benzene rings is 2. The van der Waals surface area contributed by atoms with Gasteiger partial charge in [0.05, 0.1) is 6.04 Å². The third-order valence-electron chi connectivity index (χ3n) is 6.19. The van der Waals surface area contributed by atoms with E-state index in [9.17, 15) is 15.0 Å². The Hall–Kier alpha value is -2.41. The molecule has 2 aromatic carbocycles. The molecule has 2 aromatic rings. The van der Waals surface area contributed by atoms with E-state index in [1.165, 1.54) is 7.11 Å². The molecular formula is C23H30N2O4. The summed E-state index contributed by atoms with van der Waals surface area (Å²) in [5, 5.41) is 26.5. The van der Waals surface area contributed by atoms with Gasteiger partial charge in [-0.15, -0.1) is 0 Å². The standard InChI is InChI=1S/C23H30N2O4/c1-15-14-24-19(13-23(15,2)17-10-7-11-18(26)12-17)21(27)25-20(22(28)29-3)16-8-5-4-6-9-16/h4-12,15,19-20,22,24,26,28H,13-14H2,1-3H3,(H,25,27)/t15?,19?,20?,22?,23-/m1/s1. The van der Waals surface area contributed by atoms with Crippen LogP contribution in [0.15, 0.2) is 54.6 Å². The first kappa shape index (κ1) is 21.3. The molecule has 4 unspecified atom stereocenters. The number of nitrogens with one attached hydrogen (secondary N) is 2. The molecule has 1 amide bonds. The Kier molecular flexibility index (Phi) is 6.57. The van der Waals surface area contributed by atoms with E-state index >= 15 is 0 Å². The van der Waals surface area contributed by atoms with Gasteiger partial charge < -0.3 is 25.6 Å². The van der Waals surface area contributed by atoms with Gasteiger partial charge in [0, 0.05) is 7.11 Å². The van der Waals surface area contributed by atoms with Gasteiger partial charge in [-0.2, -0.15) is 0 Å². The third kappa shape index (κ3) is 4.61. The van der Waals surface area contributed by atoms with Crippen LogP contribution in [0.1, 0.15) is 37.4 Å². The van der Waals surface area contributed by atoms with Gasteiger partial charge in [-0.1, -0.05) is 56.3 Å². The molecule has 1 aliphatic heterocycles. The number of aliphatic hydroxyl groups is 1. The quantitative estimate of drug-likeness (QED) is 0.561. The summed E-state index contributed by atoms with van der Waals surface area (Å²) in [6.45, 7) is 4.95. The molecule has 0 aliphatic carbocycles. The van der Waals surface area contributed by atoms with Crippen molar-refractivity contribution in [3.8, 4) is 5.75 Å². The maximum Gasteiger partial charge on any atom is 0.237 e. The van der Waals surface area contributed by atoms with Gasteiger partial charge in [-0.05, 0) is 47.6 Å². The number of methoxy groups -OCH3 is 1. The Bertz CT molecular complexity index is 829. The Balaban J connectivity index is 1.79. The van der Waals surface area contributed by atoms with Gasteiger partial charge in [-0.25, -0.2) is 0 Å². The highest BCUT2D eigenvalue weighted by atomic mass is 16.6. The van der Waals surface area contributed by atoms with Gasteiger partial charge in [0.25, 0.3) is 0 Å². The summed E-state index contributed by atoms with van der Waals surface area (Å²) in [5.74, 6) is 0.318.